The van der Waals surface area contributed by atoms with Gasteiger partial charge in [0.2, 0.25) is 0 Å². The van der Waals surface area contributed by atoms with Gasteiger partial charge in [0.05, 0.1) is 0 Å². The second-order valence-electron chi connectivity index (χ2n) is 5.08. The minimum absolute atomic E-state index is 1.00. The fourth-order valence-electron chi connectivity index (χ4n) is 2.67. The van der Waals surface area contributed by atoms with E-state index in [9.17, 15) is 0 Å². The molecule has 93 valence electrons. The zero-order valence-corrected chi connectivity index (χ0v) is 11.8. The summed E-state index contributed by atoms with van der Waals surface area (Å²) < 4.78 is 0. The molecule has 1 radical (unpaired) electrons. The Morgan fingerprint density at radius 1 is 1.06 bits per heavy atom. The molecule has 0 heterocycles. The molecule has 0 fully saturated rings. The van der Waals surface area contributed by atoms with Gasteiger partial charge < -0.3 is 0 Å². The standard InChI is InChI=1S/C18H21/c1-5-16-8-6-7-9-17(16)12-18-14(3)10-13(2)11-15(18)4/h6-8,10-11H,5,12H2,1-4H3. The first kappa shape index (κ1) is 12.9. The fraction of sp³-hybridized carbons (Fsp3) is 0.333. The topological polar surface area (TPSA) is 0 Å². The van der Waals surface area contributed by atoms with Gasteiger partial charge in [0.25, 0.3) is 0 Å². The Kier molecular flexibility index (Phi) is 3.86. The summed E-state index contributed by atoms with van der Waals surface area (Å²) in [6, 6.07) is 14.3. The van der Waals surface area contributed by atoms with Gasteiger partial charge in [-0.05, 0) is 67.5 Å². The zero-order valence-electron chi connectivity index (χ0n) is 11.8. The van der Waals surface area contributed by atoms with E-state index in [2.05, 4.69) is 58.0 Å². The van der Waals surface area contributed by atoms with E-state index < -0.39 is 0 Å². The van der Waals surface area contributed by atoms with Crippen LogP contribution in [-0.4, -0.2) is 0 Å². The van der Waals surface area contributed by atoms with Crippen molar-refractivity contribution in [2.45, 2.75) is 40.5 Å². The first-order chi connectivity index (χ1) is 8.61. The molecule has 0 bridgehead atoms. The van der Waals surface area contributed by atoms with Crippen LogP contribution in [0.3, 0.4) is 0 Å². The van der Waals surface area contributed by atoms with Gasteiger partial charge in [-0.1, -0.05) is 42.8 Å². The summed E-state index contributed by atoms with van der Waals surface area (Å²) in [5.41, 5.74) is 8.35. The van der Waals surface area contributed by atoms with Crippen molar-refractivity contribution in [2.24, 2.45) is 0 Å². The Hall–Kier alpha value is -1.56. The van der Waals surface area contributed by atoms with Crippen molar-refractivity contribution in [3.05, 3.63) is 69.8 Å². The molecule has 0 aliphatic rings. The minimum Gasteiger partial charge on any atom is -0.0614 e. The van der Waals surface area contributed by atoms with Gasteiger partial charge in [-0.3, -0.25) is 0 Å². The molecule has 0 saturated heterocycles. The lowest BCUT2D eigenvalue weighted by Gasteiger charge is -2.13. The second kappa shape index (κ2) is 5.39. The monoisotopic (exact) mass is 237 g/mol. The first-order valence-corrected chi connectivity index (χ1v) is 6.67. The van der Waals surface area contributed by atoms with E-state index in [1.54, 1.807) is 0 Å². The maximum absolute atomic E-state index is 3.41. The van der Waals surface area contributed by atoms with Crippen LogP contribution in [0.4, 0.5) is 0 Å². The van der Waals surface area contributed by atoms with Crippen molar-refractivity contribution >= 4 is 0 Å². The van der Waals surface area contributed by atoms with E-state index in [1.807, 2.05) is 6.07 Å². The van der Waals surface area contributed by atoms with Gasteiger partial charge in [0.1, 0.15) is 0 Å². The molecule has 0 nitrogen and oxygen atoms in total. The molecule has 0 amide bonds. The molecule has 0 spiro atoms. The molecule has 0 aliphatic carbocycles. The number of hydrogen-bond donors (Lipinski definition) is 0. The summed E-state index contributed by atoms with van der Waals surface area (Å²) in [4.78, 5) is 0. The van der Waals surface area contributed by atoms with Crippen molar-refractivity contribution in [2.75, 3.05) is 0 Å². The van der Waals surface area contributed by atoms with Crippen molar-refractivity contribution in [1.82, 2.24) is 0 Å². The van der Waals surface area contributed by atoms with Gasteiger partial charge >= 0.3 is 0 Å². The van der Waals surface area contributed by atoms with Gasteiger partial charge in [-0.25, -0.2) is 0 Å². The third kappa shape index (κ3) is 2.64. The first-order valence-electron chi connectivity index (χ1n) is 6.67. The van der Waals surface area contributed by atoms with Crippen LogP contribution in [0.5, 0.6) is 0 Å². The normalized spacial score (nSPS) is 10.7. The van der Waals surface area contributed by atoms with Crippen molar-refractivity contribution < 1.29 is 0 Å². The van der Waals surface area contributed by atoms with Crippen LogP contribution in [0.15, 0.2) is 30.3 Å². The lowest BCUT2D eigenvalue weighted by atomic mass is 9.92. The lowest BCUT2D eigenvalue weighted by molar-refractivity contribution is 1.04. The van der Waals surface area contributed by atoms with Gasteiger partial charge in [0.15, 0.2) is 0 Å². The summed E-state index contributed by atoms with van der Waals surface area (Å²) in [6.07, 6.45) is 2.08. The summed E-state index contributed by atoms with van der Waals surface area (Å²) in [6.45, 7) is 8.80. The average Bonchev–Trinajstić information content (AvgIpc) is 2.34. The Morgan fingerprint density at radius 3 is 2.33 bits per heavy atom. The van der Waals surface area contributed by atoms with Gasteiger partial charge in [0, 0.05) is 0 Å². The summed E-state index contributed by atoms with van der Waals surface area (Å²) in [7, 11) is 0. The molecule has 0 saturated carbocycles. The summed E-state index contributed by atoms with van der Waals surface area (Å²) >= 11 is 0. The highest BCUT2D eigenvalue weighted by atomic mass is 14.1. The van der Waals surface area contributed by atoms with Crippen LogP contribution >= 0.6 is 0 Å². The molecule has 0 N–H and O–H groups in total. The molecule has 0 atom stereocenters. The highest BCUT2D eigenvalue weighted by molar-refractivity contribution is 5.42. The fourth-order valence-corrected chi connectivity index (χ4v) is 2.67. The second-order valence-corrected chi connectivity index (χ2v) is 5.08. The third-order valence-corrected chi connectivity index (χ3v) is 3.61. The van der Waals surface area contributed by atoms with E-state index in [1.165, 1.54) is 33.4 Å². The van der Waals surface area contributed by atoms with E-state index in [0.29, 0.717) is 0 Å². The lowest BCUT2D eigenvalue weighted by Crippen LogP contribution is -2.00. The molecule has 0 unspecified atom stereocenters. The van der Waals surface area contributed by atoms with E-state index >= 15 is 0 Å². The predicted octanol–water partition coefficient (Wildman–Crippen LogP) is 4.57. The van der Waals surface area contributed by atoms with Crippen LogP contribution in [-0.2, 0) is 12.8 Å². The molecule has 18 heavy (non-hydrogen) atoms. The molecule has 0 heteroatoms. The third-order valence-electron chi connectivity index (χ3n) is 3.61. The smallest absolute Gasteiger partial charge is 0.00116 e. The van der Waals surface area contributed by atoms with E-state index in [-0.39, 0.29) is 0 Å². The summed E-state index contributed by atoms with van der Waals surface area (Å²) in [5.74, 6) is 0. The van der Waals surface area contributed by atoms with Crippen LogP contribution in [0.25, 0.3) is 0 Å². The van der Waals surface area contributed by atoms with E-state index in [0.717, 1.165) is 12.8 Å². The number of aryl methyl sites for hydroxylation is 4. The minimum atomic E-state index is 1.00. The van der Waals surface area contributed by atoms with Crippen molar-refractivity contribution in [1.29, 1.82) is 0 Å². The number of rotatable bonds is 3. The Bertz CT molecular complexity index is 527. The van der Waals surface area contributed by atoms with Crippen molar-refractivity contribution in [3.63, 3.8) is 0 Å². The highest BCUT2D eigenvalue weighted by Crippen LogP contribution is 2.21. The van der Waals surface area contributed by atoms with Gasteiger partial charge in [-0.2, -0.15) is 0 Å². The average molecular weight is 237 g/mol. The SMILES string of the molecule is CCc1ccc[c]c1Cc1c(C)cc(C)cc1C. The molecule has 2 aromatic carbocycles. The Morgan fingerprint density at radius 2 is 1.72 bits per heavy atom. The van der Waals surface area contributed by atoms with E-state index in [4.69, 9.17) is 0 Å². The van der Waals surface area contributed by atoms with Crippen LogP contribution in [0, 0.1) is 26.8 Å². The molecular weight excluding hydrogens is 216 g/mol. The molecule has 0 aromatic heterocycles. The van der Waals surface area contributed by atoms with Gasteiger partial charge in [-0.15, -0.1) is 0 Å². The largest absolute Gasteiger partial charge is 0.0614 e. The van der Waals surface area contributed by atoms with Crippen LogP contribution in [0.1, 0.15) is 40.3 Å². The summed E-state index contributed by atoms with van der Waals surface area (Å²) in [5, 5.41) is 0. The highest BCUT2D eigenvalue weighted by Gasteiger charge is 2.07. The predicted molar refractivity (Wildman–Crippen MR) is 78.1 cm³/mol. The maximum Gasteiger partial charge on any atom is -0.00116 e. The number of benzene rings is 2. The maximum atomic E-state index is 3.41. The van der Waals surface area contributed by atoms with Crippen LogP contribution in [0.2, 0.25) is 0 Å². The Balaban J connectivity index is 2.40. The van der Waals surface area contributed by atoms with Crippen molar-refractivity contribution in [3.8, 4) is 0 Å². The molecule has 0 aliphatic heterocycles. The zero-order chi connectivity index (χ0) is 13.1. The molecular formula is C18H21. The Labute approximate surface area is 111 Å². The molecule has 2 rings (SSSR count). The quantitative estimate of drug-likeness (QED) is 0.734. The molecule has 2 aromatic rings. The van der Waals surface area contributed by atoms with Crippen LogP contribution < -0.4 is 0 Å². The number of hydrogen-bond acceptors (Lipinski definition) is 0.